The summed E-state index contributed by atoms with van der Waals surface area (Å²) in [6.07, 6.45) is 0. The first-order valence-corrected chi connectivity index (χ1v) is 5.13. The molecule has 2 amide bonds. The fourth-order valence-electron chi connectivity index (χ4n) is 1.02. The molecule has 1 aromatic rings. The fourth-order valence-corrected chi connectivity index (χ4v) is 1.27. The van der Waals surface area contributed by atoms with Crippen molar-refractivity contribution in [3.63, 3.8) is 0 Å². The topological polar surface area (TPSA) is 58.2 Å². The normalized spacial score (nSPS) is 9.53. The Balaban J connectivity index is 2.77. The number of hydrogen-bond acceptors (Lipinski definition) is 2. The average Bonchev–Trinajstić information content (AvgIpc) is 2.22. The van der Waals surface area contributed by atoms with E-state index in [1.54, 1.807) is 12.1 Å². The van der Waals surface area contributed by atoms with Gasteiger partial charge in [-0.05, 0) is 30.7 Å². The highest BCUT2D eigenvalue weighted by atomic mass is 79.9. The minimum atomic E-state index is -0.667. The summed E-state index contributed by atoms with van der Waals surface area (Å²) in [6, 6.07) is 5.32. The molecule has 0 aliphatic rings. The molecule has 5 heteroatoms. The van der Waals surface area contributed by atoms with Gasteiger partial charge >= 0.3 is 11.8 Å². The number of amides is 2. The van der Waals surface area contributed by atoms with Crippen molar-refractivity contribution >= 4 is 33.4 Å². The minimum Gasteiger partial charge on any atom is -0.351 e. The molecular formula is C10H11BrN2O2. The van der Waals surface area contributed by atoms with Crippen molar-refractivity contribution in [3.8, 4) is 0 Å². The molecule has 2 N–H and O–H groups in total. The number of hydrogen-bond donors (Lipinski definition) is 2. The second-order valence-corrected chi connectivity index (χ2v) is 3.85. The Hall–Kier alpha value is -1.36. The fraction of sp³-hybridized carbons (Fsp3) is 0.200. The van der Waals surface area contributed by atoms with Crippen molar-refractivity contribution in [1.82, 2.24) is 5.32 Å². The van der Waals surface area contributed by atoms with Crippen molar-refractivity contribution < 1.29 is 9.59 Å². The number of rotatable bonds is 1. The van der Waals surface area contributed by atoms with Crippen LogP contribution in [0.2, 0.25) is 0 Å². The van der Waals surface area contributed by atoms with E-state index in [2.05, 4.69) is 26.6 Å². The lowest BCUT2D eigenvalue weighted by Crippen LogP contribution is -2.32. The Morgan fingerprint density at radius 2 is 1.93 bits per heavy atom. The first kappa shape index (κ1) is 11.7. The van der Waals surface area contributed by atoms with Crippen LogP contribution >= 0.6 is 15.9 Å². The summed E-state index contributed by atoms with van der Waals surface area (Å²) in [5, 5.41) is 4.74. The molecule has 0 atom stereocenters. The van der Waals surface area contributed by atoms with Crippen LogP contribution in [0.4, 0.5) is 5.69 Å². The van der Waals surface area contributed by atoms with Crippen LogP contribution in [0.3, 0.4) is 0 Å². The highest BCUT2D eigenvalue weighted by Gasteiger charge is 2.11. The van der Waals surface area contributed by atoms with E-state index in [9.17, 15) is 9.59 Å². The molecule has 0 radical (unpaired) electrons. The van der Waals surface area contributed by atoms with Gasteiger partial charge in [0, 0.05) is 17.2 Å². The van der Waals surface area contributed by atoms with E-state index >= 15 is 0 Å². The van der Waals surface area contributed by atoms with Gasteiger partial charge in [-0.3, -0.25) is 9.59 Å². The Kier molecular flexibility index (Phi) is 3.85. The lowest BCUT2D eigenvalue weighted by Gasteiger charge is -2.05. The lowest BCUT2D eigenvalue weighted by atomic mass is 10.2. The number of likely N-dealkylation sites (N-methyl/N-ethyl adjacent to an activating group) is 1. The van der Waals surface area contributed by atoms with Gasteiger partial charge in [-0.25, -0.2) is 0 Å². The van der Waals surface area contributed by atoms with E-state index in [-0.39, 0.29) is 0 Å². The van der Waals surface area contributed by atoms with Crippen LogP contribution in [0.5, 0.6) is 0 Å². The van der Waals surface area contributed by atoms with Gasteiger partial charge in [-0.1, -0.05) is 15.9 Å². The highest BCUT2D eigenvalue weighted by Crippen LogP contribution is 2.19. The number of halogens is 1. The zero-order chi connectivity index (χ0) is 11.4. The Morgan fingerprint density at radius 3 is 2.47 bits per heavy atom. The van der Waals surface area contributed by atoms with E-state index < -0.39 is 11.8 Å². The SMILES string of the molecule is CNC(=O)C(=O)Nc1ccc(Br)c(C)c1. The van der Waals surface area contributed by atoms with Crippen molar-refractivity contribution in [1.29, 1.82) is 0 Å². The van der Waals surface area contributed by atoms with Crippen LogP contribution in [0.15, 0.2) is 22.7 Å². The highest BCUT2D eigenvalue weighted by molar-refractivity contribution is 9.10. The molecule has 0 bridgehead atoms. The van der Waals surface area contributed by atoms with Gasteiger partial charge in [-0.15, -0.1) is 0 Å². The van der Waals surface area contributed by atoms with Gasteiger partial charge in [0.1, 0.15) is 0 Å². The number of carbonyl (C=O) groups excluding carboxylic acids is 2. The Morgan fingerprint density at radius 1 is 1.27 bits per heavy atom. The summed E-state index contributed by atoms with van der Waals surface area (Å²) >= 11 is 3.35. The molecule has 0 fully saturated rings. The monoisotopic (exact) mass is 270 g/mol. The van der Waals surface area contributed by atoms with E-state index in [1.165, 1.54) is 7.05 Å². The Bertz CT molecular complexity index is 404. The zero-order valence-corrected chi connectivity index (χ0v) is 10.0. The second-order valence-electron chi connectivity index (χ2n) is 3.00. The molecule has 0 spiro atoms. The standard InChI is InChI=1S/C10H11BrN2O2/c1-6-5-7(3-4-8(6)11)13-10(15)9(14)12-2/h3-5H,1-2H3,(H,12,14)(H,13,15). The molecule has 0 heterocycles. The molecule has 4 nitrogen and oxygen atoms in total. The number of carbonyl (C=O) groups is 2. The van der Waals surface area contributed by atoms with Gasteiger partial charge in [0.25, 0.3) is 0 Å². The van der Waals surface area contributed by atoms with Gasteiger partial charge in [0.2, 0.25) is 0 Å². The maximum Gasteiger partial charge on any atom is 0.313 e. The average molecular weight is 271 g/mol. The van der Waals surface area contributed by atoms with Crippen molar-refractivity contribution in [3.05, 3.63) is 28.2 Å². The second kappa shape index (κ2) is 4.93. The van der Waals surface area contributed by atoms with Crippen molar-refractivity contribution in [2.45, 2.75) is 6.92 Å². The van der Waals surface area contributed by atoms with E-state index in [1.807, 2.05) is 13.0 Å². The van der Waals surface area contributed by atoms with Crippen LogP contribution in [-0.4, -0.2) is 18.9 Å². The van der Waals surface area contributed by atoms with Gasteiger partial charge in [-0.2, -0.15) is 0 Å². The molecular weight excluding hydrogens is 260 g/mol. The minimum absolute atomic E-state index is 0.601. The third-order valence-electron chi connectivity index (χ3n) is 1.85. The summed E-state index contributed by atoms with van der Waals surface area (Å²) in [5.74, 6) is -1.32. The predicted molar refractivity (Wildman–Crippen MR) is 61.6 cm³/mol. The molecule has 0 saturated carbocycles. The van der Waals surface area contributed by atoms with E-state index in [0.29, 0.717) is 5.69 Å². The summed E-state index contributed by atoms with van der Waals surface area (Å²) in [4.78, 5) is 22.1. The van der Waals surface area contributed by atoms with E-state index in [4.69, 9.17) is 0 Å². The van der Waals surface area contributed by atoms with Gasteiger partial charge in [0.15, 0.2) is 0 Å². The Labute approximate surface area is 96.2 Å². The molecule has 0 aliphatic carbocycles. The molecule has 1 aromatic carbocycles. The van der Waals surface area contributed by atoms with Gasteiger partial charge < -0.3 is 10.6 Å². The van der Waals surface area contributed by atoms with Crippen LogP contribution in [0.1, 0.15) is 5.56 Å². The predicted octanol–water partition coefficient (Wildman–Crippen LogP) is 1.44. The maximum atomic E-state index is 11.2. The van der Waals surface area contributed by atoms with Crippen LogP contribution in [-0.2, 0) is 9.59 Å². The number of aryl methyl sites for hydroxylation is 1. The first-order chi connectivity index (χ1) is 7.04. The molecule has 0 aliphatic heterocycles. The quantitative estimate of drug-likeness (QED) is 0.759. The smallest absolute Gasteiger partial charge is 0.313 e. The summed E-state index contributed by atoms with van der Waals surface area (Å²) in [5.41, 5.74) is 1.59. The third kappa shape index (κ3) is 3.06. The van der Waals surface area contributed by atoms with Crippen LogP contribution in [0.25, 0.3) is 0 Å². The molecule has 0 saturated heterocycles. The van der Waals surface area contributed by atoms with Crippen LogP contribution in [0, 0.1) is 6.92 Å². The number of nitrogens with one attached hydrogen (secondary N) is 2. The van der Waals surface area contributed by atoms with Crippen LogP contribution < -0.4 is 10.6 Å². The summed E-state index contributed by atoms with van der Waals surface area (Å²) in [6.45, 7) is 1.90. The number of anilines is 1. The van der Waals surface area contributed by atoms with Crippen molar-refractivity contribution in [2.75, 3.05) is 12.4 Å². The number of benzene rings is 1. The van der Waals surface area contributed by atoms with Crippen molar-refractivity contribution in [2.24, 2.45) is 0 Å². The first-order valence-electron chi connectivity index (χ1n) is 4.34. The third-order valence-corrected chi connectivity index (χ3v) is 2.74. The molecule has 1 rings (SSSR count). The molecule has 15 heavy (non-hydrogen) atoms. The molecule has 80 valence electrons. The van der Waals surface area contributed by atoms with E-state index in [0.717, 1.165) is 10.0 Å². The largest absolute Gasteiger partial charge is 0.351 e. The summed E-state index contributed by atoms with van der Waals surface area (Å²) in [7, 11) is 1.41. The molecule has 0 unspecified atom stereocenters. The molecule has 0 aromatic heterocycles. The zero-order valence-electron chi connectivity index (χ0n) is 8.43. The lowest BCUT2D eigenvalue weighted by molar-refractivity contribution is -0.135. The van der Waals surface area contributed by atoms with Gasteiger partial charge in [0.05, 0.1) is 0 Å². The maximum absolute atomic E-state index is 11.2. The summed E-state index contributed by atoms with van der Waals surface area (Å²) < 4.78 is 0.959.